The normalized spacial score (nSPS) is 10.7. The summed E-state index contributed by atoms with van der Waals surface area (Å²) in [5.41, 5.74) is 2.17. The van der Waals surface area contributed by atoms with Gasteiger partial charge in [0.05, 0.1) is 43.1 Å². The highest BCUT2D eigenvalue weighted by atomic mass is 35.5. The van der Waals surface area contributed by atoms with Gasteiger partial charge in [-0.15, -0.1) is 0 Å². The van der Waals surface area contributed by atoms with E-state index in [2.05, 4.69) is 11.1 Å². The first-order chi connectivity index (χ1) is 12.3. The Morgan fingerprint density at radius 2 is 1.08 bits per heavy atom. The van der Waals surface area contributed by atoms with E-state index in [0.717, 1.165) is 0 Å². The van der Waals surface area contributed by atoms with Crippen molar-refractivity contribution in [3.8, 4) is 28.6 Å². The minimum Gasteiger partial charge on any atom is -0.248 e. The fourth-order valence-electron chi connectivity index (χ4n) is 2.36. The van der Waals surface area contributed by atoms with Crippen molar-refractivity contribution in [2.24, 2.45) is 0 Å². The van der Waals surface area contributed by atoms with E-state index in [9.17, 15) is 5.26 Å². The minimum absolute atomic E-state index is 0.278. The number of nitriles is 1. The maximum atomic E-state index is 9.39. The maximum absolute atomic E-state index is 9.39. The first-order valence-corrected chi connectivity index (χ1v) is 9.29. The third-order valence-corrected chi connectivity index (χ3v) is 5.53. The Balaban J connectivity index is 2.30. The lowest BCUT2D eigenvalue weighted by Crippen LogP contribution is -1.93. The summed E-state index contributed by atoms with van der Waals surface area (Å²) in [6.45, 7) is 0. The number of nitrogens with zero attached hydrogens (tertiary/aromatic N) is 2. The van der Waals surface area contributed by atoms with E-state index in [-0.39, 0.29) is 20.1 Å². The zero-order chi connectivity index (χ0) is 19.0. The molecule has 26 heavy (non-hydrogen) atoms. The molecule has 0 unspecified atom stereocenters. The van der Waals surface area contributed by atoms with Gasteiger partial charge >= 0.3 is 0 Å². The number of rotatable bonds is 2. The average Bonchev–Trinajstić information content (AvgIpc) is 2.60. The van der Waals surface area contributed by atoms with Gasteiger partial charge in [0.25, 0.3) is 0 Å². The molecule has 0 atom stereocenters. The Morgan fingerprint density at radius 3 is 1.46 bits per heavy atom. The molecule has 1 aromatic heterocycles. The standard InChI is InChI=1S/C18H6Cl6N2/c19-9-3-11(17(23)13(21)5-9)15-1-8(7-25)2-16(26-15)12-4-10(20)6-14(22)18(12)24/h1-6H. The number of hydrogen-bond donors (Lipinski definition) is 0. The van der Waals surface area contributed by atoms with Gasteiger partial charge < -0.3 is 0 Å². The fraction of sp³-hybridized carbons (Fsp3) is 0. The molecule has 130 valence electrons. The van der Waals surface area contributed by atoms with Crippen LogP contribution in [0.1, 0.15) is 5.56 Å². The molecule has 2 aromatic carbocycles. The second-order valence-electron chi connectivity index (χ2n) is 5.24. The summed E-state index contributed by atoms with van der Waals surface area (Å²) in [5.74, 6) is 0. The molecule has 0 aliphatic carbocycles. The van der Waals surface area contributed by atoms with Crippen molar-refractivity contribution >= 4 is 69.6 Å². The van der Waals surface area contributed by atoms with Crippen LogP contribution in [0.25, 0.3) is 22.5 Å². The summed E-state index contributed by atoms with van der Waals surface area (Å²) < 4.78 is 0. The molecule has 1 heterocycles. The van der Waals surface area contributed by atoms with Crippen molar-refractivity contribution in [2.75, 3.05) is 0 Å². The number of hydrogen-bond acceptors (Lipinski definition) is 2. The van der Waals surface area contributed by atoms with Gasteiger partial charge in [-0.1, -0.05) is 69.6 Å². The summed E-state index contributed by atoms with van der Waals surface area (Å²) in [5, 5.41) is 11.3. The van der Waals surface area contributed by atoms with Crippen molar-refractivity contribution in [3.05, 3.63) is 72.1 Å². The summed E-state index contributed by atoms with van der Waals surface area (Å²) in [4.78, 5) is 4.55. The molecule has 8 heteroatoms. The molecule has 0 aliphatic rings. The highest BCUT2D eigenvalue weighted by Crippen LogP contribution is 2.39. The van der Waals surface area contributed by atoms with E-state index >= 15 is 0 Å². The number of aromatic nitrogens is 1. The molecule has 0 spiro atoms. The molecule has 0 radical (unpaired) electrons. The smallest absolute Gasteiger partial charge is 0.0993 e. The quantitative estimate of drug-likeness (QED) is 0.360. The van der Waals surface area contributed by atoms with Crippen LogP contribution in [0.2, 0.25) is 30.1 Å². The molecule has 0 fully saturated rings. The second kappa shape index (κ2) is 7.82. The van der Waals surface area contributed by atoms with Crippen molar-refractivity contribution in [2.45, 2.75) is 0 Å². The van der Waals surface area contributed by atoms with Crippen molar-refractivity contribution in [1.82, 2.24) is 4.98 Å². The number of benzene rings is 2. The highest BCUT2D eigenvalue weighted by Gasteiger charge is 2.16. The summed E-state index contributed by atoms with van der Waals surface area (Å²) in [6, 6.07) is 11.5. The third-order valence-electron chi connectivity index (χ3n) is 3.49. The fourth-order valence-corrected chi connectivity index (χ4v) is 3.75. The summed E-state index contributed by atoms with van der Waals surface area (Å²) >= 11 is 36.9. The monoisotopic (exact) mass is 460 g/mol. The Kier molecular flexibility index (Phi) is 5.89. The van der Waals surface area contributed by atoms with Crippen molar-refractivity contribution < 1.29 is 0 Å². The van der Waals surface area contributed by atoms with Gasteiger partial charge in [-0.25, -0.2) is 4.98 Å². The van der Waals surface area contributed by atoms with Crippen LogP contribution in [0.5, 0.6) is 0 Å². The molecular weight excluding hydrogens is 457 g/mol. The average molecular weight is 463 g/mol. The predicted octanol–water partition coefficient (Wildman–Crippen LogP) is 8.21. The van der Waals surface area contributed by atoms with E-state index in [1.165, 1.54) is 12.1 Å². The SMILES string of the molecule is N#Cc1cc(-c2cc(Cl)cc(Cl)c2Cl)nc(-c2cc(Cl)cc(Cl)c2Cl)c1. The van der Waals surface area contributed by atoms with E-state index < -0.39 is 0 Å². The van der Waals surface area contributed by atoms with Crippen LogP contribution in [0, 0.1) is 11.3 Å². The maximum Gasteiger partial charge on any atom is 0.0993 e. The summed E-state index contributed by atoms with van der Waals surface area (Å²) in [6.07, 6.45) is 0. The highest BCUT2D eigenvalue weighted by molar-refractivity contribution is 6.45. The molecule has 0 N–H and O–H groups in total. The summed E-state index contributed by atoms with van der Waals surface area (Å²) in [7, 11) is 0. The van der Waals surface area contributed by atoms with Crippen LogP contribution in [0.3, 0.4) is 0 Å². The zero-order valence-electron chi connectivity index (χ0n) is 12.6. The van der Waals surface area contributed by atoms with Crippen LogP contribution in [-0.2, 0) is 0 Å². The Hall–Kier alpha value is -1.18. The molecule has 0 saturated heterocycles. The molecule has 3 rings (SSSR count). The van der Waals surface area contributed by atoms with Gasteiger partial charge in [0.15, 0.2) is 0 Å². The van der Waals surface area contributed by atoms with Gasteiger partial charge in [0.2, 0.25) is 0 Å². The molecule has 0 aliphatic heterocycles. The molecule has 3 aromatic rings. The van der Waals surface area contributed by atoms with Gasteiger partial charge in [0.1, 0.15) is 0 Å². The first kappa shape index (κ1) is 19.6. The van der Waals surface area contributed by atoms with Gasteiger partial charge in [-0.3, -0.25) is 0 Å². The topological polar surface area (TPSA) is 36.7 Å². The van der Waals surface area contributed by atoms with Crippen molar-refractivity contribution in [3.63, 3.8) is 0 Å². The van der Waals surface area contributed by atoms with Crippen LogP contribution in [0.4, 0.5) is 0 Å². The molecule has 0 saturated carbocycles. The van der Waals surface area contributed by atoms with E-state index in [4.69, 9.17) is 69.6 Å². The Morgan fingerprint density at radius 1 is 0.654 bits per heavy atom. The second-order valence-corrected chi connectivity index (χ2v) is 7.68. The van der Waals surface area contributed by atoms with Gasteiger partial charge in [-0.05, 0) is 36.4 Å². The van der Waals surface area contributed by atoms with Crippen LogP contribution >= 0.6 is 69.6 Å². The van der Waals surface area contributed by atoms with Crippen LogP contribution < -0.4 is 0 Å². The molecular formula is C18H6Cl6N2. The zero-order valence-corrected chi connectivity index (χ0v) is 17.2. The third kappa shape index (κ3) is 3.89. The van der Waals surface area contributed by atoms with Crippen molar-refractivity contribution in [1.29, 1.82) is 5.26 Å². The largest absolute Gasteiger partial charge is 0.248 e. The van der Waals surface area contributed by atoms with E-state index in [0.29, 0.717) is 38.1 Å². The molecule has 2 nitrogen and oxygen atoms in total. The van der Waals surface area contributed by atoms with Crippen LogP contribution in [0.15, 0.2) is 36.4 Å². The number of pyridine rings is 1. The van der Waals surface area contributed by atoms with E-state index in [1.54, 1.807) is 24.3 Å². The first-order valence-electron chi connectivity index (χ1n) is 7.02. The Labute approximate surface area is 179 Å². The van der Waals surface area contributed by atoms with Crippen LogP contribution in [-0.4, -0.2) is 4.98 Å². The lowest BCUT2D eigenvalue weighted by Gasteiger charge is -2.11. The van der Waals surface area contributed by atoms with E-state index in [1.807, 2.05) is 0 Å². The minimum atomic E-state index is 0.278. The molecule has 0 amide bonds. The van der Waals surface area contributed by atoms with Gasteiger partial charge in [-0.2, -0.15) is 5.26 Å². The molecule has 0 bridgehead atoms. The lowest BCUT2D eigenvalue weighted by atomic mass is 10.0. The lowest BCUT2D eigenvalue weighted by molar-refractivity contribution is 1.31. The predicted molar refractivity (Wildman–Crippen MR) is 110 cm³/mol. The Bertz CT molecular complexity index is 997. The number of halogens is 6. The van der Waals surface area contributed by atoms with Gasteiger partial charge in [0, 0.05) is 21.2 Å².